The fraction of sp³-hybridized carbons (Fsp3) is 0.364. The van der Waals surface area contributed by atoms with Crippen molar-refractivity contribution in [2.75, 3.05) is 31.5 Å². The summed E-state index contributed by atoms with van der Waals surface area (Å²) in [5.41, 5.74) is 0.821. The Balaban J connectivity index is 1.67. The molecule has 2 rings (SSSR count). The highest BCUT2D eigenvalue weighted by Crippen LogP contribution is 2.04. The lowest BCUT2D eigenvalue weighted by molar-refractivity contribution is 0.251. The van der Waals surface area contributed by atoms with Crippen molar-refractivity contribution < 1.29 is 4.79 Å². The molecule has 80 valence electrons. The van der Waals surface area contributed by atoms with E-state index in [2.05, 4.69) is 15.5 Å². The molecule has 1 aliphatic heterocycles. The molecule has 4 nitrogen and oxygen atoms in total. The Morgan fingerprint density at radius 3 is 2.67 bits per heavy atom. The van der Waals surface area contributed by atoms with Gasteiger partial charge in [-0.15, -0.1) is 0 Å². The number of carbonyl (C=O) groups excluding carboxylic acids is 1. The number of anilines is 1. The van der Waals surface area contributed by atoms with E-state index in [1.165, 1.54) is 13.1 Å². The lowest BCUT2D eigenvalue weighted by Crippen LogP contribution is -2.32. The molecule has 1 aliphatic rings. The Labute approximate surface area is 89.3 Å². The second-order valence-corrected chi connectivity index (χ2v) is 3.59. The first-order valence-electron chi connectivity index (χ1n) is 5.17. The van der Waals surface area contributed by atoms with Gasteiger partial charge >= 0.3 is 6.03 Å². The predicted octanol–water partition coefficient (Wildman–Crippen LogP) is 1.12. The molecule has 0 saturated carbocycles. The lowest BCUT2D eigenvalue weighted by atomic mass is 10.3. The summed E-state index contributed by atoms with van der Waals surface area (Å²) in [4.78, 5) is 13.6. The van der Waals surface area contributed by atoms with Crippen molar-refractivity contribution in [3.05, 3.63) is 30.3 Å². The van der Waals surface area contributed by atoms with Gasteiger partial charge in [-0.25, -0.2) is 4.79 Å². The van der Waals surface area contributed by atoms with Crippen LogP contribution in [0.25, 0.3) is 0 Å². The molecule has 0 atom stereocenters. The van der Waals surface area contributed by atoms with Crippen molar-refractivity contribution >= 4 is 11.7 Å². The van der Waals surface area contributed by atoms with Crippen LogP contribution < -0.4 is 10.6 Å². The summed E-state index contributed by atoms with van der Waals surface area (Å²) in [5, 5.41) is 5.58. The van der Waals surface area contributed by atoms with Gasteiger partial charge in [0.05, 0.1) is 0 Å². The van der Waals surface area contributed by atoms with Crippen LogP contribution in [-0.2, 0) is 0 Å². The van der Waals surface area contributed by atoms with Gasteiger partial charge < -0.3 is 10.6 Å². The van der Waals surface area contributed by atoms with Gasteiger partial charge in [-0.05, 0) is 12.1 Å². The summed E-state index contributed by atoms with van der Waals surface area (Å²) in [6.45, 7) is 3.99. The van der Waals surface area contributed by atoms with Crippen molar-refractivity contribution in [3.63, 3.8) is 0 Å². The molecule has 1 aromatic rings. The van der Waals surface area contributed by atoms with Crippen LogP contribution in [0.4, 0.5) is 10.5 Å². The molecule has 2 amide bonds. The number of rotatable bonds is 4. The predicted molar refractivity (Wildman–Crippen MR) is 59.9 cm³/mol. The molecule has 0 aliphatic carbocycles. The van der Waals surface area contributed by atoms with E-state index in [9.17, 15) is 4.79 Å². The van der Waals surface area contributed by atoms with E-state index in [0.29, 0.717) is 6.54 Å². The molecule has 0 bridgehead atoms. The maximum absolute atomic E-state index is 11.4. The van der Waals surface area contributed by atoms with E-state index in [0.717, 1.165) is 12.2 Å². The van der Waals surface area contributed by atoms with E-state index in [-0.39, 0.29) is 6.03 Å². The van der Waals surface area contributed by atoms with E-state index < -0.39 is 0 Å². The quantitative estimate of drug-likeness (QED) is 0.723. The van der Waals surface area contributed by atoms with Gasteiger partial charge in [0.1, 0.15) is 0 Å². The van der Waals surface area contributed by atoms with Crippen molar-refractivity contribution in [3.8, 4) is 0 Å². The number of urea groups is 1. The van der Waals surface area contributed by atoms with Crippen LogP contribution in [0.3, 0.4) is 0 Å². The molecule has 0 spiro atoms. The zero-order valence-corrected chi connectivity index (χ0v) is 8.57. The van der Waals surface area contributed by atoms with Gasteiger partial charge in [-0.1, -0.05) is 18.2 Å². The molecule has 1 heterocycles. The minimum Gasteiger partial charge on any atom is -0.337 e. The molecule has 0 unspecified atom stereocenters. The van der Waals surface area contributed by atoms with E-state index in [1.54, 1.807) is 0 Å². The normalized spacial score (nSPS) is 14.7. The summed E-state index contributed by atoms with van der Waals surface area (Å²) < 4.78 is 0. The SMILES string of the molecule is O=C(NCCN1CC1)Nc1ccccc1. The molecule has 2 N–H and O–H groups in total. The third kappa shape index (κ3) is 3.59. The fourth-order valence-electron chi connectivity index (χ4n) is 1.32. The van der Waals surface area contributed by atoms with Crippen molar-refractivity contribution in [1.29, 1.82) is 0 Å². The Kier molecular flexibility index (Phi) is 3.19. The number of hydrogen-bond donors (Lipinski definition) is 2. The minimum absolute atomic E-state index is 0.136. The van der Waals surface area contributed by atoms with Crippen LogP contribution in [0.2, 0.25) is 0 Å². The van der Waals surface area contributed by atoms with Gasteiger partial charge in [-0.3, -0.25) is 4.90 Å². The average molecular weight is 205 g/mol. The van der Waals surface area contributed by atoms with E-state index in [1.807, 2.05) is 30.3 Å². The van der Waals surface area contributed by atoms with Crippen molar-refractivity contribution in [2.24, 2.45) is 0 Å². The molecule has 15 heavy (non-hydrogen) atoms. The molecule has 1 fully saturated rings. The van der Waals surface area contributed by atoms with E-state index in [4.69, 9.17) is 0 Å². The third-order valence-electron chi connectivity index (χ3n) is 2.29. The zero-order chi connectivity index (χ0) is 10.5. The lowest BCUT2D eigenvalue weighted by Gasteiger charge is -2.07. The van der Waals surface area contributed by atoms with Crippen LogP contribution in [0.15, 0.2) is 30.3 Å². The molecule has 1 saturated heterocycles. The topological polar surface area (TPSA) is 44.1 Å². The largest absolute Gasteiger partial charge is 0.337 e. The molecular formula is C11H15N3O. The smallest absolute Gasteiger partial charge is 0.319 e. The van der Waals surface area contributed by atoms with E-state index >= 15 is 0 Å². The van der Waals surface area contributed by atoms with Gasteiger partial charge in [0, 0.05) is 31.9 Å². The summed E-state index contributed by atoms with van der Waals surface area (Å²) >= 11 is 0. The van der Waals surface area contributed by atoms with Gasteiger partial charge in [0.25, 0.3) is 0 Å². The molecular weight excluding hydrogens is 190 g/mol. The number of nitrogens with zero attached hydrogens (tertiary/aromatic N) is 1. The Hall–Kier alpha value is -1.55. The molecule has 4 heteroatoms. The number of amides is 2. The summed E-state index contributed by atoms with van der Waals surface area (Å²) in [6.07, 6.45) is 0. The monoisotopic (exact) mass is 205 g/mol. The summed E-state index contributed by atoms with van der Waals surface area (Å²) in [5.74, 6) is 0. The maximum Gasteiger partial charge on any atom is 0.319 e. The number of benzene rings is 1. The van der Waals surface area contributed by atoms with Crippen molar-refractivity contribution in [1.82, 2.24) is 10.2 Å². The second-order valence-electron chi connectivity index (χ2n) is 3.59. The highest BCUT2D eigenvalue weighted by Gasteiger charge is 2.15. The number of hydrogen-bond acceptors (Lipinski definition) is 2. The fourth-order valence-corrected chi connectivity index (χ4v) is 1.32. The molecule has 0 radical (unpaired) electrons. The van der Waals surface area contributed by atoms with Crippen molar-refractivity contribution in [2.45, 2.75) is 0 Å². The first kappa shape index (κ1) is 9.98. The van der Waals surface area contributed by atoms with Crippen LogP contribution in [0.1, 0.15) is 0 Å². The average Bonchev–Trinajstić information content (AvgIpc) is 3.03. The van der Waals surface area contributed by atoms with Gasteiger partial charge in [0.2, 0.25) is 0 Å². The number of carbonyl (C=O) groups is 1. The highest BCUT2D eigenvalue weighted by molar-refractivity contribution is 5.89. The number of para-hydroxylation sites is 1. The molecule has 0 aromatic heterocycles. The van der Waals surface area contributed by atoms with Crippen LogP contribution in [-0.4, -0.2) is 37.1 Å². The van der Waals surface area contributed by atoms with Crippen LogP contribution in [0.5, 0.6) is 0 Å². The Bertz CT molecular complexity index is 322. The standard InChI is InChI=1S/C11H15N3O/c15-11(12-6-7-14-8-9-14)13-10-4-2-1-3-5-10/h1-5H,6-9H2,(H2,12,13,15). The highest BCUT2D eigenvalue weighted by atomic mass is 16.2. The first-order chi connectivity index (χ1) is 7.34. The Morgan fingerprint density at radius 1 is 1.27 bits per heavy atom. The molecule has 1 aromatic carbocycles. The van der Waals surface area contributed by atoms with Gasteiger partial charge in [-0.2, -0.15) is 0 Å². The van der Waals surface area contributed by atoms with Gasteiger partial charge in [0.15, 0.2) is 0 Å². The van der Waals surface area contributed by atoms with Crippen LogP contribution >= 0.6 is 0 Å². The minimum atomic E-state index is -0.136. The summed E-state index contributed by atoms with van der Waals surface area (Å²) in [7, 11) is 0. The third-order valence-corrected chi connectivity index (χ3v) is 2.29. The van der Waals surface area contributed by atoms with Crippen LogP contribution in [0, 0.1) is 0 Å². The second kappa shape index (κ2) is 4.79. The summed E-state index contributed by atoms with van der Waals surface area (Å²) in [6, 6.07) is 9.30. The Morgan fingerprint density at radius 2 is 2.00 bits per heavy atom. The first-order valence-corrected chi connectivity index (χ1v) is 5.17. The maximum atomic E-state index is 11.4. The zero-order valence-electron chi connectivity index (χ0n) is 8.57. The number of nitrogens with one attached hydrogen (secondary N) is 2.